The van der Waals surface area contributed by atoms with E-state index in [9.17, 15) is 9.59 Å². The second-order valence-electron chi connectivity index (χ2n) is 8.98. The van der Waals surface area contributed by atoms with E-state index in [0.29, 0.717) is 34.2 Å². The van der Waals surface area contributed by atoms with Gasteiger partial charge in [-0.3, -0.25) is 14.6 Å². The molecule has 36 heavy (non-hydrogen) atoms. The summed E-state index contributed by atoms with van der Waals surface area (Å²) in [5.74, 6) is -0.114. The number of nitrogens with zero attached hydrogens (tertiary/aromatic N) is 4. The molecule has 0 aliphatic carbocycles. The minimum Gasteiger partial charge on any atom is -0.338 e. The van der Waals surface area contributed by atoms with Gasteiger partial charge in [0.25, 0.3) is 11.8 Å². The van der Waals surface area contributed by atoms with Crippen LogP contribution < -0.4 is 5.32 Å². The highest BCUT2D eigenvalue weighted by Gasteiger charge is 2.30. The van der Waals surface area contributed by atoms with Crippen LogP contribution in [-0.2, 0) is 0 Å². The number of anilines is 1. The van der Waals surface area contributed by atoms with Gasteiger partial charge in [0.2, 0.25) is 0 Å². The number of rotatable bonds is 5. The van der Waals surface area contributed by atoms with Crippen molar-refractivity contribution in [2.45, 2.75) is 32.6 Å². The zero-order valence-electron chi connectivity index (χ0n) is 20.1. The Morgan fingerprint density at radius 3 is 2.47 bits per heavy atom. The lowest BCUT2D eigenvalue weighted by Gasteiger charge is -2.32. The maximum atomic E-state index is 13.3. The average molecular weight is 520 g/mol. The van der Waals surface area contributed by atoms with E-state index in [2.05, 4.69) is 10.3 Å². The Balaban J connectivity index is 1.29. The molecule has 0 spiro atoms. The number of imidazole rings is 1. The van der Waals surface area contributed by atoms with E-state index in [-0.39, 0.29) is 17.7 Å². The maximum Gasteiger partial charge on any atom is 0.265 e. The zero-order valence-corrected chi connectivity index (χ0v) is 21.6. The molecule has 0 bridgehead atoms. The lowest BCUT2D eigenvalue weighted by molar-refractivity contribution is 0.0716. The van der Waals surface area contributed by atoms with E-state index in [0.717, 1.165) is 35.5 Å². The highest BCUT2D eigenvalue weighted by atomic mass is 35.5. The van der Waals surface area contributed by atoms with Crippen LogP contribution in [0.2, 0.25) is 5.02 Å². The topological polar surface area (TPSA) is 80.1 Å². The van der Waals surface area contributed by atoms with Gasteiger partial charge in [-0.05, 0) is 74.0 Å². The summed E-state index contributed by atoms with van der Waals surface area (Å²) < 4.78 is 1.90. The number of carbonyl (C=O) groups is 2. The van der Waals surface area contributed by atoms with Crippen LogP contribution in [0.15, 0.2) is 60.5 Å². The first-order valence-electron chi connectivity index (χ1n) is 11.8. The fourth-order valence-electron chi connectivity index (χ4n) is 4.48. The first kappa shape index (κ1) is 24.2. The molecule has 1 aliphatic rings. The number of pyridine rings is 1. The third-order valence-corrected chi connectivity index (χ3v) is 8.18. The molecule has 184 valence electrons. The molecule has 4 heterocycles. The van der Waals surface area contributed by atoms with Crippen molar-refractivity contribution >= 4 is 40.4 Å². The quantitative estimate of drug-likeness (QED) is 0.357. The average Bonchev–Trinajstić information content (AvgIpc) is 3.55. The second kappa shape index (κ2) is 10.2. The van der Waals surface area contributed by atoms with Gasteiger partial charge in [-0.25, -0.2) is 4.98 Å². The molecule has 4 aromatic rings. The van der Waals surface area contributed by atoms with Crippen LogP contribution in [0.25, 0.3) is 5.69 Å². The molecular formula is C27H26ClN5O2S. The third kappa shape index (κ3) is 4.92. The molecule has 1 aliphatic heterocycles. The van der Waals surface area contributed by atoms with Gasteiger partial charge in [-0.15, -0.1) is 11.3 Å². The summed E-state index contributed by atoms with van der Waals surface area (Å²) >= 11 is 7.72. The number of hydrogen-bond acceptors (Lipinski definition) is 5. The van der Waals surface area contributed by atoms with Crippen LogP contribution in [0.3, 0.4) is 0 Å². The van der Waals surface area contributed by atoms with E-state index in [1.54, 1.807) is 12.5 Å². The Bertz CT molecular complexity index is 1390. The van der Waals surface area contributed by atoms with Gasteiger partial charge in [0, 0.05) is 48.5 Å². The van der Waals surface area contributed by atoms with Crippen molar-refractivity contribution in [3.05, 3.63) is 92.9 Å². The van der Waals surface area contributed by atoms with Crippen molar-refractivity contribution in [1.82, 2.24) is 19.4 Å². The van der Waals surface area contributed by atoms with Crippen LogP contribution in [0.5, 0.6) is 0 Å². The van der Waals surface area contributed by atoms with Crippen LogP contribution in [-0.4, -0.2) is 44.3 Å². The van der Waals surface area contributed by atoms with Crippen LogP contribution in [0.4, 0.5) is 5.69 Å². The smallest absolute Gasteiger partial charge is 0.265 e. The lowest BCUT2D eigenvalue weighted by atomic mass is 9.89. The first-order chi connectivity index (χ1) is 17.4. The van der Waals surface area contributed by atoms with Gasteiger partial charge in [0.15, 0.2) is 0 Å². The Hall–Kier alpha value is -3.49. The summed E-state index contributed by atoms with van der Waals surface area (Å²) in [6.45, 7) is 5.04. The Morgan fingerprint density at radius 1 is 1.08 bits per heavy atom. The van der Waals surface area contributed by atoms with Crippen molar-refractivity contribution in [2.24, 2.45) is 0 Å². The molecular weight excluding hydrogens is 494 g/mol. The minimum atomic E-state index is -0.188. The Labute approximate surface area is 218 Å². The van der Waals surface area contributed by atoms with Gasteiger partial charge in [-0.1, -0.05) is 11.6 Å². The zero-order chi connectivity index (χ0) is 25.2. The molecule has 0 saturated carbocycles. The molecule has 0 atom stereocenters. The molecule has 1 aromatic carbocycles. The number of aryl methyl sites for hydroxylation is 2. The highest BCUT2D eigenvalue weighted by Crippen LogP contribution is 2.33. The highest BCUT2D eigenvalue weighted by molar-refractivity contribution is 7.13. The van der Waals surface area contributed by atoms with Crippen LogP contribution in [0, 0.1) is 13.8 Å². The number of carbonyl (C=O) groups excluding carboxylic acids is 2. The van der Waals surface area contributed by atoms with Gasteiger partial charge < -0.3 is 14.8 Å². The summed E-state index contributed by atoms with van der Waals surface area (Å²) in [6.07, 6.45) is 6.80. The molecule has 2 amide bonds. The molecule has 7 nitrogen and oxygen atoms in total. The molecule has 9 heteroatoms. The van der Waals surface area contributed by atoms with Gasteiger partial charge in [0.05, 0.1) is 22.6 Å². The molecule has 5 rings (SSSR count). The third-order valence-electron chi connectivity index (χ3n) is 6.50. The van der Waals surface area contributed by atoms with Crippen molar-refractivity contribution < 1.29 is 9.59 Å². The van der Waals surface area contributed by atoms with Crippen molar-refractivity contribution in [2.75, 3.05) is 18.4 Å². The predicted octanol–water partition coefficient (Wildman–Crippen LogP) is 5.87. The standard InChI is InChI=1S/C27H26ClN5O2S/c1-17-15-36-25(23(17)28)27(35)32-12-9-19(10-13-32)24-22(8-3-18(2)30-24)26(34)31-20-4-6-21(7-5-20)33-14-11-29-16-33/h3-8,11,14-16,19H,9-10,12-13H2,1-2H3,(H,31,34). The van der Waals surface area contributed by atoms with E-state index in [4.69, 9.17) is 16.6 Å². The summed E-state index contributed by atoms with van der Waals surface area (Å²) in [5, 5.41) is 5.46. The van der Waals surface area contributed by atoms with Crippen molar-refractivity contribution in [1.29, 1.82) is 0 Å². The van der Waals surface area contributed by atoms with Crippen molar-refractivity contribution in [3.63, 3.8) is 0 Å². The van der Waals surface area contributed by atoms with Crippen LogP contribution >= 0.6 is 22.9 Å². The van der Waals surface area contributed by atoms with Gasteiger partial charge >= 0.3 is 0 Å². The minimum absolute atomic E-state index is 0.0224. The van der Waals surface area contributed by atoms with Crippen molar-refractivity contribution in [3.8, 4) is 5.69 Å². The number of hydrogen-bond donors (Lipinski definition) is 1. The SMILES string of the molecule is Cc1ccc(C(=O)Nc2ccc(-n3ccnc3)cc2)c(C2CCN(C(=O)c3scc(C)c3Cl)CC2)n1. The summed E-state index contributed by atoms with van der Waals surface area (Å²) in [5.41, 5.74) is 4.82. The fourth-order valence-corrected chi connectivity index (χ4v) is 5.72. The monoisotopic (exact) mass is 519 g/mol. The Kier molecular flexibility index (Phi) is 6.89. The van der Waals surface area contributed by atoms with E-state index in [1.165, 1.54) is 11.3 Å². The molecule has 1 N–H and O–H groups in total. The molecule has 1 saturated heterocycles. The lowest BCUT2D eigenvalue weighted by Crippen LogP contribution is -2.38. The fraction of sp³-hybridized carbons (Fsp3) is 0.259. The first-order valence-corrected chi connectivity index (χ1v) is 13.1. The second-order valence-corrected chi connectivity index (χ2v) is 10.2. The number of amides is 2. The summed E-state index contributed by atoms with van der Waals surface area (Å²) in [4.78, 5) is 37.5. The number of thiophene rings is 1. The van der Waals surface area contributed by atoms with Gasteiger partial charge in [-0.2, -0.15) is 0 Å². The number of likely N-dealkylation sites (tertiary alicyclic amines) is 1. The summed E-state index contributed by atoms with van der Waals surface area (Å²) in [6, 6.07) is 11.3. The number of piperidine rings is 1. The number of nitrogens with one attached hydrogen (secondary N) is 1. The van der Waals surface area contributed by atoms with Gasteiger partial charge in [0.1, 0.15) is 4.88 Å². The molecule has 0 unspecified atom stereocenters. The van der Waals surface area contributed by atoms with E-state index in [1.807, 2.05) is 71.3 Å². The van der Waals surface area contributed by atoms with Crippen LogP contribution in [0.1, 0.15) is 55.7 Å². The number of benzene rings is 1. The Morgan fingerprint density at radius 2 is 1.83 bits per heavy atom. The normalized spacial score (nSPS) is 14.1. The molecule has 1 fully saturated rings. The van der Waals surface area contributed by atoms with E-state index >= 15 is 0 Å². The largest absolute Gasteiger partial charge is 0.338 e. The number of halogens is 1. The molecule has 0 radical (unpaired) electrons. The van der Waals surface area contributed by atoms with E-state index < -0.39 is 0 Å². The predicted molar refractivity (Wildman–Crippen MR) is 142 cm³/mol. The number of aromatic nitrogens is 3. The molecule has 3 aromatic heterocycles. The summed E-state index contributed by atoms with van der Waals surface area (Å²) in [7, 11) is 0. The maximum absolute atomic E-state index is 13.3.